The van der Waals surface area contributed by atoms with Gasteiger partial charge in [-0.2, -0.15) is 0 Å². The number of ether oxygens (including phenoxy) is 5. The van der Waals surface area contributed by atoms with E-state index < -0.39 is 0 Å². The molecule has 5 saturated carbocycles. The second-order valence-electron chi connectivity index (χ2n) is 25.5. The van der Waals surface area contributed by atoms with Gasteiger partial charge in [0.15, 0.2) is 0 Å². The molecule has 0 atom stereocenters. The van der Waals surface area contributed by atoms with Gasteiger partial charge in [0.05, 0.1) is 33.0 Å². The molecule has 0 unspecified atom stereocenters. The van der Waals surface area contributed by atoms with Gasteiger partial charge in [0.25, 0.3) is 0 Å². The van der Waals surface area contributed by atoms with E-state index in [1.54, 1.807) is 0 Å². The molecule has 0 radical (unpaired) electrons. The van der Waals surface area contributed by atoms with Crippen LogP contribution in [0.15, 0.2) is 146 Å². The Morgan fingerprint density at radius 1 is 0.211 bits per heavy atom. The van der Waals surface area contributed by atoms with Crippen LogP contribution < -0.4 is 23.7 Å². The standard InChI is InChI=1S/5C15H22OS.5FH/c5*1-2-12-3-5-13(6-4-12)11-16-14-7-9-15(17)10-8-14;;;;;/h5*7-10,12-13,17H,2-6,11H2,1H3;5*1H. The lowest BCUT2D eigenvalue weighted by Gasteiger charge is -2.27. The molecular weight excluding hydrogens is 1240 g/mol. The summed E-state index contributed by atoms with van der Waals surface area (Å²) >= 11 is 21.3. The van der Waals surface area contributed by atoms with Crippen molar-refractivity contribution < 1.29 is 47.2 Å². The van der Waals surface area contributed by atoms with E-state index in [1.807, 2.05) is 121 Å². The minimum atomic E-state index is 0. The van der Waals surface area contributed by atoms with Gasteiger partial charge in [-0.1, -0.05) is 131 Å². The average molecular weight is 1350 g/mol. The second kappa shape index (κ2) is 49.1. The first-order valence-electron chi connectivity index (χ1n) is 33.5. The Morgan fingerprint density at radius 2 is 0.322 bits per heavy atom. The van der Waals surface area contributed by atoms with Gasteiger partial charge in [0.1, 0.15) is 28.7 Å². The van der Waals surface area contributed by atoms with Crippen molar-refractivity contribution in [2.24, 2.45) is 59.2 Å². The predicted molar refractivity (Wildman–Crippen MR) is 387 cm³/mol. The summed E-state index contributed by atoms with van der Waals surface area (Å²) < 4.78 is 29.2. The van der Waals surface area contributed by atoms with E-state index in [4.69, 9.17) is 23.7 Å². The number of thiol groups is 5. The number of halogens is 5. The molecule has 5 aromatic carbocycles. The van der Waals surface area contributed by atoms with Gasteiger partial charge in [0, 0.05) is 24.5 Å². The molecule has 5 nitrogen and oxygen atoms in total. The third kappa shape index (κ3) is 34.1. The minimum absolute atomic E-state index is 0. The summed E-state index contributed by atoms with van der Waals surface area (Å²) in [6, 6.07) is 39.8. The van der Waals surface area contributed by atoms with Crippen molar-refractivity contribution >= 4 is 63.1 Å². The Kier molecular flexibility index (Phi) is 46.1. The zero-order chi connectivity index (χ0) is 60.4. The Hall–Kier alpha value is -3.50. The Balaban J connectivity index is 0.000000555. The molecule has 0 saturated heterocycles. The number of benzene rings is 5. The van der Waals surface area contributed by atoms with Crippen LogP contribution in [0.25, 0.3) is 0 Å². The summed E-state index contributed by atoms with van der Waals surface area (Å²) in [6.07, 6.45) is 34.0. The van der Waals surface area contributed by atoms with E-state index in [9.17, 15) is 0 Å². The molecule has 0 amide bonds. The number of hydrogen-bond acceptors (Lipinski definition) is 10. The molecule has 0 aliphatic heterocycles. The van der Waals surface area contributed by atoms with Crippen LogP contribution >= 0.6 is 63.1 Å². The van der Waals surface area contributed by atoms with Gasteiger partial charge in [-0.3, -0.25) is 23.5 Å². The topological polar surface area (TPSA) is 46.2 Å². The molecule has 0 spiro atoms. The van der Waals surface area contributed by atoms with Crippen LogP contribution in [-0.4, -0.2) is 33.0 Å². The highest BCUT2D eigenvalue weighted by atomic mass is 32.1. The summed E-state index contributed by atoms with van der Waals surface area (Å²) in [5.41, 5.74) is 0. The molecule has 5 aliphatic carbocycles. The fraction of sp³-hybridized carbons (Fsp3) is 0.600. The van der Waals surface area contributed by atoms with E-state index in [0.29, 0.717) is 0 Å². The third-order valence-corrected chi connectivity index (χ3v) is 20.8. The maximum absolute atomic E-state index is 5.84. The smallest absolute Gasteiger partial charge is 0.119 e. The summed E-state index contributed by atoms with van der Waals surface area (Å²) in [7, 11) is 0. The molecular formula is C75H115F5O5S5. The fourth-order valence-corrected chi connectivity index (χ4v) is 13.6. The summed E-state index contributed by atoms with van der Waals surface area (Å²) in [4.78, 5) is 4.93. The molecule has 510 valence electrons. The van der Waals surface area contributed by atoms with Crippen LogP contribution in [0.4, 0.5) is 23.5 Å². The molecule has 0 heterocycles. The highest BCUT2D eigenvalue weighted by Crippen LogP contribution is 2.36. The van der Waals surface area contributed by atoms with E-state index in [2.05, 4.69) is 97.8 Å². The SMILES string of the molecule is CCC1CCC(COc2ccc(S)cc2)CC1.CCC1CCC(COc2ccc(S)cc2)CC1.CCC1CCC(COc2ccc(S)cc2)CC1.CCC1CCC(COc2ccc(S)cc2)CC1.CCC1CCC(COc2ccc(S)cc2)CC1.F.F.F.F.F. The van der Waals surface area contributed by atoms with Gasteiger partial charge >= 0.3 is 0 Å². The fourth-order valence-electron chi connectivity index (χ4n) is 12.8. The van der Waals surface area contributed by atoms with Crippen molar-refractivity contribution in [1.82, 2.24) is 0 Å². The lowest BCUT2D eigenvalue weighted by Crippen LogP contribution is -2.19. The lowest BCUT2D eigenvalue weighted by atomic mass is 9.81. The zero-order valence-electron chi connectivity index (χ0n) is 54.9. The highest BCUT2D eigenvalue weighted by Gasteiger charge is 2.24. The first kappa shape index (κ1) is 84.5. The maximum Gasteiger partial charge on any atom is 0.119 e. The molecule has 90 heavy (non-hydrogen) atoms. The zero-order valence-corrected chi connectivity index (χ0v) is 59.3. The van der Waals surface area contributed by atoms with Crippen molar-refractivity contribution in [3.63, 3.8) is 0 Å². The van der Waals surface area contributed by atoms with Gasteiger partial charge < -0.3 is 23.7 Å². The largest absolute Gasteiger partial charge is 0.493 e. The lowest BCUT2D eigenvalue weighted by molar-refractivity contribution is 0.181. The van der Waals surface area contributed by atoms with E-state index in [1.165, 1.54) is 161 Å². The monoisotopic (exact) mass is 1350 g/mol. The summed E-state index contributed by atoms with van der Waals surface area (Å²) in [5, 5.41) is 0. The van der Waals surface area contributed by atoms with Crippen LogP contribution in [0.1, 0.15) is 195 Å². The normalized spacial score (nSPS) is 23.2. The summed E-state index contributed by atoms with van der Waals surface area (Å²) in [5.74, 6) is 13.5. The highest BCUT2D eigenvalue weighted by molar-refractivity contribution is 7.81. The number of hydrogen-bond donors (Lipinski definition) is 5. The Morgan fingerprint density at radius 3 is 0.433 bits per heavy atom. The second-order valence-corrected chi connectivity index (χ2v) is 28.1. The molecule has 5 aromatic rings. The van der Waals surface area contributed by atoms with Crippen LogP contribution in [0.3, 0.4) is 0 Å². The van der Waals surface area contributed by atoms with E-state index in [0.717, 1.165) is 145 Å². The Labute approximate surface area is 568 Å². The van der Waals surface area contributed by atoms with Crippen molar-refractivity contribution in [3.8, 4) is 28.7 Å². The van der Waals surface area contributed by atoms with Crippen LogP contribution in [0, 0.1) is 59.2 Å². The van der Waals surface area contributed by atoms with Crippen molar-refractivity contribution in [3.05, 3.63) is 121 Å². The van der Waals surface area contributed by atoms with Crippen LogP contribution in [0.5, 0.6) is 28.7 Å². The minimum Gasteiger partial charge on any atom is -0.493 e. The number of rotatable bonds is 20. The van der Waals surface area contributed by atoms with Gasteiger partial charge in [-0.05, 0) is 245 Å². The molecule has 5 fully saturated rings. The predicted octanol–water partition coefficient (Wildman–Crippen LogP) is 23.6. The van der Waals surface area contributed by atoms with Crippen LogP contribution in [-0.2, 0) is 0 Å². The van der Waals surface area contributed by atoms with E-state index in [-0.39, 0.29) is 23.5 Å². The quantitative estimate of drug-likeness (QED) is 0.0397. The van der Waals surface area contributed by atoms with Crippen LogP contribution in [0.2, 0.25) is 0 Å². The third-order valence-electron chi connectivity index (χ3n) is 19.3. The first-order chi connectivity index (χ1) is 41.4. The average Bonchev–Trinajstić information content (AvgIpc) is 3.65. The molecule has 0 bridgehead atoms. The first-order valence-corrected chi connectivity index (χ1v) is 35.7. The van der Waals surface area contributed by atoms with Crippen molar-refractivity contribution in [2.45, 2.75) is 220 Å². The Bertz CT molecular complexity index is 2060. The molecule has 5 aliphatic rings. The molecule has 10 rings (SSSR count). The maximum atomic E-state index is 5.84. The van der Waals surface area contributed by atoms with Crippen molar-refractivity contribution in [2.75, 3.05) is 33.0 Å². The van der Waals surface area contributed by atoms with Crippen molar-refractivity contribution in [1.29, 1.82) is 0 Å². The van der Waals surface area contributed by atoms with Gasteiger partial charge in [-0.25, -0.2) is 0 Å². The van der Waals surface area contributed by atoms with Gasteiger partial charge in [0.2, 0.25) is 0 Å². The van der Waals surface area contributed by atoms with E-state index >= 15 is 0 Å². The summed E-state index contributed by atoms with van der Waals surface area (Å²) in [6.45, 7) is 15.9. The molecule has 0 N–H and O–H groups in total. The molecule has 0 aromatic heterocycles. The van der Waals surface area contributed by atoms with Gasteiger partial charge in [-0.15, -0.1) is 63.1 Å². The molecule has 15 heteroatoms.